The Kier molecular flexibility index (Phi) is 13.5. The molecule has 0 saturated carbocycles. The first-order valence-electron chi connectivity index (χ1n) is 18.4. The third kappa shape index (κ3) is 9.40. The molecule has 52 heavy (non-hydrogen) atoms. The quantitative estimate of drug-likeness (QED) is 0.132. The molecule has 1 saturated heterocycles. The van der Waals surface area contributed by atoms with Crippen molar-refractivity contribution in [2.24, 2.45) is 17.8 Å². The van der Waals surface area contributed by atoms with Crippen molar-refractivity contribution in [3.8, 4) is 0 Å². The van der Waals surface area contributed by atoms with E-state index >= 15 is 0 Å². The second kappa shape index (κ2) is 17.8. The Morgan fingerprint density at radius 1 is 0.962 bits per heavy atom. The van der Waals surface area contributed by atoms with Crippen LogP contribution in [-0.4, -0.2) is 66.2 Å². The number of benzene rings is 2. The number of H-pyrrole nitrogens is 1. The number of nitrogens with one attached hydrogen (secondary N) is 5. The normalized spacial score (nSPS) is 19.8. The monoisotopic (exact) mass is 755 g/mol. The molecule has 5 rings (SSSR count). The van der Waals surface area contributed by atoms with E-state index in [0.717, 1.165) is 35.0 Å². The topological polar surface area (TPSA) is 151 Å². The molecule has 2 aliphatic rings. The summed E-state index contributed by atoms with van der Waals surface area (Å²) < 4.78 is 10.9. The van der Waals surface area contributed by atoms with Crippen LogP contribution in [0.25, 0.3) is 10.9 Å². The Hall–Kier alpha value is -3.80. The number of alkyl carbamates (subject to hydrolysis) is 1. The molecule has 3 aromatic rings. The van der Waals surface area contributed by atoms with Crippen molar-refractivity contribution in [3.05, 3.63) is 69.3 Å². The van der Waals surface area contributed by atoms with Gasteiger partial charge in [-0.3, -0.25) is 14.4 Å². The van der Waals surface area contributed by atoms with Crippen LogP contribution in [0, 0.1) is 17.8 Å². The van der Waals surface area contributed by atoms with Crippen molar-refractivity contribution in [2.45, 2.75) is 96.9 Å². The maximum atomic E-state index is 14.7. The molecular formula is C39H51Cl2N5O6. The lowest BCUT2D eigenvalue weighted by Crippen LogP contribution is -2.67. The van der Waals surface area contributed by atoms with Gasteiger partial charge in [0.25, 0.3) is 0 Å². The maximum Gasteiger partial charge on any atom is 0.408 e. The largest absolute Gasteiger partial charge is 0.445 e. The number of amides is 4. The van der Waals surface area contributed by atoms with Gasteiger partial charge in [0.05, 0.1) is 10.5 Å². The van der Waals surface area contributed by atoms with Gasteiger partial charge in [-0.2, -0.15) is 0 Å². The summed E-state index contributed by atoms with van der Waals surface area (Å²) in [7, 11) is 0. The molecule has 2 unspecified atom stereocenters. The molecule has 0 bridgehead atoms. The average Bonchev–Trinajstić information content (AvgIpc) is 3.51. The van der Waals surface area contributed by atoms with Gasteiger partial charge < -0.3 is 35.7 Å². The van der Waals surface area contributed by atoms with Gasteiger partial charge in [-0.1, -0.05) is 94.1 Å². The SMILES string of the molecule is CC[C@H](C)C(NC(=O)OCc1ccccc1)C(=O)N[C@]1(C(=O)NC(C(=O)NCC2CCOCC2)[C@@H](C)CC)CCc2[nH]c3c(Cl)cc(Cl)cc3c2C1. The van der Waals surface area contributed by atoms with Crippen molar-refractivity contribution in [1.82, 2.24) is 26.3 Å². The average molecular weight is 757 g/mol. The van der Waals surface area contributed by atoms with E-state index in [1.54, 1.807) is 12.1 Å². The van der Waals surface area contributed by atoms with Crippen LogP contribution in [-0.2, 0) is 43.3 Å². The fourth-order valence-corrected chi connectivity index (χ4v) is 7.56. The third-order valence-electron chi connectivity index (χ3n) is 10.8. The number of fused-ring (bicyclic) bond motifs is 3. The van der Waals surface area contributed by atoms with Crippen molar-refractivity contribution < 1.29 is 28.7 Å². The first kappa shape index (κ1) is 39.4. The van der Waals surface area contributed by atoms with Gasteiger partial charge in [0.2, 0.25) is 17.7 Å². The Bertz CT molecular complexity index is 1730. The zero-order valence-electron chi connectivity index (χ0n) is 30.4. The van der Waals surface area contributed by atoms with Gasteiger partial charge in [0.15, 0.2) is 0 Å². The number of rotatable bonds is 14. The molecule has 5 atom stereocenters. The van der Waals surface area contributed by atoms with E-state index in [2.05, 4.69) is 26.3 Å². The van der Waals surface area contributed by atoms with Crippen LogP contribution < -0.4 is 21.3 Å². The highest BCUT2D eigenvalue weighted by Gasteiger charge is 2.47. The molecule has 282 valence electrons. The number of hydrogen-bond acceptors (Lipinski definition) is 6. The predicted molar refractivity (Wildman–Crippen MR) is 202 cm³/mol. The molecule has 4 amide bonds. The highest BCUT2D eigenvalue weighted by molar-refractivity contribution is 6.38. The summed E-state index contributed by atoms with van der Waals surface area (Å²) in [5.74, 6) is -1.45. The summed E-state index contributed by atoms with van der Waals surface area (Å²) in [4.78, 5) is 59.2. The number of carbonyl (C=O) groups is 4. The molecule has 1 aromatic heterocycles. The number of hydrogen-bond donors (Lipinski definition) is 5. The molecule has 0 radical (unpaired) electrons. The number of halogens is 2. The van der Waals surface area contributed by atoms with Gasteiger partial charge in [-0.05, 0) is 66.7 Å². The molecular weight excluding hydrogens is 705 g/mol. The van der Waals surface area contributed by atoms with Gasteiger partial charge in [-0.15, -0.1) is 0 Å². The van der Waals surface area contributed by atoms with Crippen LogP contribution >= 0.6 is 23.2 Å². The first-order chi connectivity index (χ1) is 24.9. The van der Waals surface area contributed by atoms with Crippen LogP contribution in [0.4, 0.5) is 4.79 Å². The van der Waals surface area contributed by atoms with Crippen molar-refractivity contribution in [1.29, 1.82) is 0 Å². The number of carbonyl (C=O) groups excluding carboxylic acids is 4. The van der Waals surface area contributed by atoms with E-state index < -0.39 is 35.5 Å². The van der Waals surface area contributed by atoms with Crippen LogP contribution in [0.3, 0.4) is 0 Å². The standard InChI is InChI=1S/C39H51Cl2N5O6/c1-5-23(3)32(35(47)42-21-25-13-16-51-17-14-25)44-37(49)39(15-12-31-29(20-39)28-18-27(40)19-30(41)34(28)43-31)46-36(48)33(24(4)6-2)45-38(50)52-22-26-10-8-7-9-11-26/h7-11,18-19,23-25,32-33,43H,5-6,12-17,20-22H2,1-4H3,(H,42,47)(H,44,49)(H,45,50)(H,46,48)/t23-,24-,32?,33?,39+/m0/s1. The minimum absolute atomic E-state index is 0.0376. The predicted octanol–water partition coefficient (Wildman–Crippen LogP) is 6.23. The Labute approximate surface area is 315 Å². The highest BCUT2D eigenvalue weighted by Crippen LogP contribution is 2.38. The molecule has 1 aliphatic carbocycles. The lowest BCUT2D eigenvalue weighted by Gasteiger charge is -2.39. The van der Waals surface area contributed by atoms with Crippen LogP contribution in [0.5, 0.6) is 0 Å². The van der Waals surface area contributed by atoms with Gasteiger partial charge in [0, 0.05) is 42.3 Å². The Morgan fingerprint density at radius 2 is 1.63 bits per heavy atom. The van der Waals surface area contributed by atoms with Gasteiger partial charge in [-0.25, -0.2) is 4.79 Å². The summed E-state index contributed by atoms with van der Waals surface area (Å²) >= 11 is 13.0. The smallest absolute Gasteiger partial charge is 0.408 e. The Balaban J connectivity index is 1.43. The van der Waals surface area contributed by atoms with Crippen molar-refractivity contribution in [3.63, 3.8) is 0 Å². The molecule has 13 heteroatoms. The minimum Gasteiger partial charge on any atom is -0.445 e. The van der Waals surface area contributed by atoms with E-state index in [-0.39, 0.29) is 37.2 Å². The summed E-state index contributed by atoms with van der Waals surface area (Å²) in [5, 5.41) is 13.6. The van der Waals surface area contributed by atoms with E-state index in [1.807, 2.05) is 58.0 Å². The lowest BCUT2D eigenvalue weighted by atomic mass is 9.78. The van der Waals surface area contributed by atoms with E-state index in [4.69, 9.17) is 32.7 Å². The highest BCUT2D eigenvalue weighted by atomic mass is 35.5. The molecule has 0 spiro atoms. The van der Waals surface area contributed by atoms with Crippen molar-refractivity contribution >= 4 is 57.9 Å². The van der Waals surface area contributed by atoms with E-state index in [1.165, 1.54) is 0 Å². The number of aryl methyl sites for hydroxylation is 1. The van der Waals surface area contributed by atoms with Gasteiger partial charge >= 0.3 is 6.09 Å². The lowest BCUT2D eigenvalue weighted by molar-refractivity contribution is -0.138. The Morgan fingerprint density at radius 3 is 2.31 bits per heavy atom. The molecule has 1 aliphatic heterocycles. The van der Waals surface area contributed by atoms with E-state index in [9.17, 15) is 19.2 Å². The summed E-state index contributed by atoms with van der Waals surface area (Å²) in [5.41, 5.74) is 1.74. The molecule has 11 nitrogen and oxygen atoms in total. The fraction of sp³-hybridized carbons (Fsp3) is 0.538. The molecule has 1 fully saturated rings. The number of aromatic nitrogens is 1. The molecule has 2 heterocycles. The summed E-state index contributed by atoms with van der Waals surface area (Å²) in [6.45, 7) is 9.54. The number of ether oxygens (including phenoxy) is 2. The summed E-state index contributed by atoms with van der Waals surface area (Å²) in [6.07, 6.45) is 2.96. The molecule has 2 aromatic carbocycles. The van der Waals surface area contributed by atoms with Crippen LogP contribution in [0.15, 0.2) is 42.5 Å². The zero-order valence-corrected chi connectivity index (χ0v) is 31.9. The maximum absolute atomic E-state index is 14.7. The van der Waals surface area contributed by atoms with Crippen molar-refractivity contribution in [2.75, 3.05) is 19.8 Å². The third-order valence-corrected chi connectivity index (χ3v) is 11.3. The minimum atomic E-state index is -1.47. The first-order valence-corrected chi connectivity index (χ1v) is 19.1. The second-order valence-electron chi connectivity index (χ2n) is 14.3. The molecule has 5 N–H and O–H groups in total. The van der Waals surface area contributed by atoms with Gasteiger partial charge in [0.1, 0.15) is 24.2 Å². The van der Waals surface area contributed by atoms with Crippen LogP contribution in [0.1, 0.15) is 76.6 Å². The zero-order chi connectivity index (χ0) is 37.4. The second-order valence-corrected chi connectivity index (χ2v) is 15.2. The number of aromatic amines is 1. The van der Waals surface area contributed by atoms with Crippen LogP contribution in [0.2, 0.25) is 10.0 Å². The fourth-order valence-electron chi connectivity index (χ4n) is 7.02. The van der Waals surface area contributed by atoms with E-state index in [0.29, 0.717) is 60.5 Å². The summed E-state index contributed by atoms with van der Waals surface area (Å²) in [6, 6.07) is 10.9.